The summed E-state index contributed by atoms with van der Waals surface area (Å²) in [6.07, 6.45) is 1.98. The smallest absolute Gasteiger partial charge is 0.262 e. The summed E-state index contributed by atoms with van der Waals surface area (Å²) in [5.41, 5.74) is 4.00. The zero-order chi connectivity index (χ0) is 17.5. The van der Waals surface area contributed by atoms with Crippen molar-refractivity contribution < 1.29 is 8.42 Å². The minimum atomic E-state index is -3.63. The molecule has 1 N–H and O–H groups in total. The Morgan fingerprint density at radius 2 is 1.75 bits per heavy atom. The molecule has 0 amide bonds. The van der Waals surface area contributed by atoms with E-state index in [0.29, 0.717) is 10.6 Å². The van der Waals surface area contributed by atoms with Crippen LogP contribution in [-0.4, -0.2) is 19.7 Å². The molecule has 0 bridgehead atoms. The molecule has 2 aromatic carbocycles. The summed E-state index contributed by atoms with van der Waals surface area (Å²) < 4.78 is 30.3. The third-order valence-corrected chi connectivity index (χ3v) is 7.36. The molecule has 0 saturated heterocycles. The first-order valence-corrected chi connectivity index (χ1v) is 10.9. The standard InChI is InChI=1S/C17H18N2O2S3/c1-10-7-11(2)16(12(3)8-10)24(20,21)19-13-5-6-14-15(9-13)23-17(18-14)22-4/h5-9,19H,1-4H3. The van der Waals surface area contributed by atoms with Crippen molar-refractivity contribution in [3.63, 3.8) is 0 Å². The van der Waals surface area contributed by atoms with Crippen LogP contribution >= 0.6 is 23.1 Å². The topological polar surface area (TPSA) is 59.1 Å². The van der Waals surface area contributed by atoms with Gasteiger partial charge in [0.15, 0.2) is 4.34 Å². The second kappa shape index (κ2) is 6.38. The molecule has 0 unspecified atom stereocenters. The summed E-state index contributed by atoms with van der Waals surface area (Å²) in [7, 11) is -3.63. The maximum atomic E-state index is 12.8. The van der Waals surface area contributed by atoms with E-state index in [-0.39, 0.29) is 0 Å². The van der Waals surface area contributed by atoms with Gasteiger partial charge in [-0.05, 0) is 56.4 Å². The van der Waals surface area contributed by atoms with Gasteiger partial charge in [0.2, 0.25) is 0 Å². The maximum Gasteiger partial charge on any atom is 0.262 e. The molecular weight excluding hydrogens is 360 g/mol. The Morgan fingerprint density at radius 1 is 1.08 bits per heavy atom. The number of thioether (sulfide) groups is 1. The molecule has 1 aromatic heterocycles. The monoisotopic (exact) mass is 378 g/mol. The second-order valence-corrected chi connectivity index (χ2v) is 9.40. The lowest BCUT2D eigenvalue weighted by Gasteiger charge is -2.14. The third-order valence-electron chi connectivity index (χ3n) is 3.67. The molecule has 0 radical (unpaired) electrons. The van der Waals surface area contributed by atoms with Gasteiger partial charge in [0, 0.05) is 0 Å². The first kappa shape index (κ1) is 17.3. The highest BCUT2D eigenvalue weighted by Gasteiger charge is 2.20. The number of sulfonamides is 1. The largest absolute Gasteiger partial charge is 0.280 e. The highest BCUT2D eigenvalue weighted by Crippen LogP contribution is 2.31. The molecule has 0 aliphatic heterocycles. The van der Waals surface area contributed by atoms with Gasteiger partial charge >= 0.3 is 0 Å². The molecule has 0 spiro atoms. The predicted molar refractivity (Wildman–Crippen MR) is 103 cm³/mol. The Bertz CT molecular complexity index is 1000. The molecular formula is C17H18N2O2S3. The first-order chi connectivity index (χ1) is 11.3. The van der Waals surface area contributed by atoms with Crippen molar-refractivity contribution >= 4 is 49.0 Å². The van der Waals surface area contributed by atoms with E-state index in [4.69, 9.17) is 0 Å². The second-order valence-electron chi connectivity index (χ2n) is 5.70. The van der Waals surface area contributed by atoms with Crippen LogP contribution in [-0.2, 0) is 10.0 Å². The molecule has 7 heteroatoms. The summed E-state index contributed by atoms with van der Waals surface area (Å²) in [6.45, 7) is 5.61. The number of benzene rings is 2. The summed E-state index contributed by atoms with van der Waals surface area (Å²) in [5.74, 6) is 0. The van der Waals surface area contributed by atoms with Crippen molar-refractivity contribution in [3.8, 4) is 0 Å². The van der Waals surface area contributed by atoms with Gasteiger partial charge in [-0.3, -0.25) is 4.72 Å². The zero-order valence-corrected chi connectivity index (χ0v) is 16.3. The van der Waals surface area contributed by atoms with Crippen LogP contribution in [0.15, 0.2) is 39.6 Å². The normalized spacial score (nSPS) is 11.8. The first-order valence-electron chi connectivity index (χ1n) is 7.35. The van der Waals surface area contributed by atoms with Gasteiger partial charge in [-0.25, -0.2) is 13.4 Å². The Morgan fingerprint density at radius 3 is 2.38 bits per heavy atom. The zero-order valence-electron chi connectivity index (χ0n) is 13.9. The Kier molecular flexibility index (Phi) is 4.59. The van der Waals surface area contributed by atoms with Crippen LogP contribution in [0, 0.1) is 20.8 Å². The fourth-order valence-corrected chi connectivity index (χ4v) is 5.88. The summed E-state index contributed by atoms with van der Waals surface area (Å²) in [5, 5.41) is 0. The van der Waals surface area contributed by atoms with Crippen LogP contribution in [0.4, 0.5) is 5.69 Å². The summed E-state index contributed by atoms with van der Waals surface area (Å²) in [4.78, 5) is 4.82. The minimum absolute atomic E-state index is 0.349. The highest BCUT2D eigenvalue weighted by molar-refractivity contribution is 8.00. The molecule has 0 fully saturated rings. The molecule has 126 valence electrons. The number of nitrogens with zero attached hydrogens (tertiary/aromatic N) is 1. The van der Waals surface area contributed by atoms with E-state index in [1.807, 2.05) is 51.3 Å². The Balaban J connectivity index is 2.00. The van der Waals surface area contributed by atoms with Gasteiger partial charge in [0.1, 0.15) is 0 Å². The average Bonchev–Trinajstić information content (AvgIpc) is 2.87. The fraction of sp³-hybridized carbons (Fsp3) is 0.235. The molecule has 0 aliphatic carbocycles. The van der Waals surface area contributed by atoms with Crippen molar-refractivity contribution in [1.82, 2.24) is 4.98 Å². The quantitative estimate of drug-likeness (QED) is 0.666. The van der Waals surface area contributed by atoms with Crippen LogP contribution in [0.2, 0.25) is 0 Å². The van der Waals surface area contributed by atoms with Crippen LogP contribution in [0.3, 0.4) is 0 Å². The maximum absolute atomic E-state index is 12.8. The van der Waals surface area contributed by atoms with E-state index in [1.165, 1.54) is 0 Å². The van der Waals surface area contributed by atoms with Gasteiger partial charge in [0.25, 0.3) is 10.0 Å². The van der Waals surface area contributed by atoms with Crippen molar-refractivity contribution in [3.05, 3.63) is 47.0 Å². The number of rotatable bonds is 4. The molecule has 0 atom stereocenters. The SMILES string of the molecule is CSc1nc2ccc(NS(=O)(=O)c3c(C)cc(C)cc3C)cc2s1. The Hall–Kier alpha value is -1.57. The van der Waals surface area contributed by atoms with Gasteiger partial charge < -0.3 is 0 Å². The molecule has 4 nitrogen and oxygen atoms in total. The lowest BCUT2D eigenvalue weighted by atomic mass is 10.1. The predicted octanol–water partition coefficient (Wildman–Crippen LogP) is 4.74. The number of nitrogens with one attached hydrogen (secondary N) is 1. The van der Waals surface area contributed by atoms with E-state index < -0.39 is 10.0 Å². The molecule has 0 aliphatic rings. The van der Waals surface area contributed by atoms with E-state index in [2.05, 4.69) is 9.71 Å². The Labute approximate surface area is 150 Å². The van der Waals surface area contributed by atoms with Crippen LogP contribution < -0.4 is 4.72 Å². The van der Waals surface area contributed by atoms with E-state index >= 15 is 0 Å². The number of aromatic nitrogens is 1. The van der Waals surface area contributed by atoms with Crippen LogP contribution in [0.5, 0.6) is 0 Å². The molecule has 3 aromatic rings. The third kappa shape index (κ3) is 3.29. The number of thiazole rings is 1. The lowest BCUT2D eigenvalue weighted by Crippen LogP contribution is -2.15. The highest BCUT2D eigenvalue weighted by atomic mass is 32.2. The number of hydrogen-bond acceptors (Lipinski definition) is 5. The van der Waals surface area contributed by atoms with Crippen LogP contribution in [0.1, 0.15) is 16.7 Å². The van der Waals surface area contributed by atoms with Crippen LogP contribution in [0.25, 0.3) is 10.2 Å². The van der Waals surface area contributed by atoms with Crippen molar-refractivity contribution in [2.24, 2.45) is 0 Å². The van der Waals surface area contributed by atoms with Gasteiger partial charge in [-0.1, -0.05) is 29.5 Å². The van der Waals surface area contributed by atoms with Crippen molar-refractivity contribution in [2.75, 3.05) is 11.0 Å². The lowest BCUT2D eigenvalue weighted by molar-refractivity contribution is 0.600. The number of aryl methyl sites for hydroxylation is 3. The molecule has 3 rings (SSSR count). The number of hydrogen-bond donors (Lipinski definition) is 1. The number of anilines is 1. The minimum Gasteiger partial charge on any atom is -0.280 e. The molecule has 0 saturated carbocycles. The van der Waals surface area contributed by atoms with E-state index in [0.717, 1.165) is 31.2 Å². The molecule has 24 heavy (non-hydrogen) atoms. The average molecular weight is 379 g/mol. The summed E-state index contributed by atoms with van der Waals surface area (Å²) in [6, 6.07) is 9.21. The van der Waals surface area contributed by atoms with Gasteiger partial charge in [-0.2, -0.15) is 0 Å². The van der Waals surface area contributed by atoms with Crippen molar-refractivity contribution in [1.29, 1.82) is 0 Å². The number of fused-ring (bicyclic) bond motifs is 1. The van der Waals surface area contributed by atoms with Gasteiger partial charge in [-0.15, -0.1) is 11.3 Å². The summed E-state index contributed by atoms with van der Waals surface area (Å²) >= 11 is 3.14. The van der Waals surface area contributed by atoms with Crippen molar-refractivity contribution in [2.45, 2.75) is 30.0 Å². The van der Waals surface area contributed by atoms with E-state index in [1.54, 1.807) is 29.2 Å². The van der Waals surface area contributed by atoms with E-state index in [9.17, 15) is 8.42 Å². The molecule has 1 heterocycles. The van der Waals surface area contributed by atoms with Gasteiger partial charge in [0.05, 0.1) is 20.8 Å². The fourth-order valence-electron chi connectivity index (χ4n) is 2.85.